The minimum Gasteiger partial charge on any atom is -0.474 e. The molecule has 2 aliphatic rings. The van der Waals surface area contributed by atoms with E-state index in [1.807, 2.05) is 6.92 Å². The molecule has 0 radical (unpaired) electrons. The van der Waals surface area contributed by atoms with Crippen LogP contribution in [0.2, 0.25) is 0 Å². The number of aromatic nitrogens is 1. The smallest absolute Gasteiger partial charge is 0.418 e. The normalized spacial score (nSPS) is 21.8. The summed E-state index contributed by atoms with van der Waals surface area (Å²) in [6.45, 7) is 1.93. The Bertz CT molecular complexity index is 999. The number of ether oxygens (including phenoxy) is 2. The van der Waals surface area contributed by atoms with E-state index in [9.17, 15) is 22.8 Å². The minimum atomic E-state index is -4.62. The van der Waals surface area contributed by atoms with Gasteiger partial charge in [0.25, 0.3) is 5.91 Å². The van der Waals surface area contributed by atoms with Crippen molar-refractivity contribution in [1.29, 1.82) is 0 Å². The van der Waals surface area contributed by atoms with E-state index in [0.717, 1.165) is 30.2 Å². The monoisotopic (exact) mass is 457 g/mol. The lowest BCUT2D eigenvalue weighted by atomic mass is 9.92. The molecule has 7 nitrogen and oxygen atoms in total. The fraction of sp³-hybridized carbons (Fsp3) is 0.550. The van der Waals surface area contributed by atoms with Crippen molar-refractivity contribution in [3.05, 3.63) is 22.6 Å². The molecule has 31 heavy (non-hydrogen) atoms. The first-order valence-electron chi connectivity index (χ1n) is 10.0. The molecular formula is C20H22F3N3O4S. The number of nitrogens with one attached hydrogen (secondary N) is 2. The van der Waals surface area contributed by atoms with Crippen LogP contribution in [0, 0.1) is 5.92 Å². The van der Waals surface area contributed by atoms with E-state index in [0.29, 0.717) is 18.8 Å². The highest BCUT2D eigenvalue weighted by molar-refractivity contribution is 7.17. The molecule has 2 aliphatic carbocycles. The number of pyridine rings is 1. The van der Waals surface area contributed by atoms with Gasteiger partial charge in [-0.2, -0.15) is 13.2 Å². The van der Waals surface area contributed by atoms with Crippen molar-refractivity contribution in [2.75, 3.05) is 7.05 Å². The molecule has 1 atom stereocenters. The number of halogens is 3. The summed E-state index contributed by atoms with van der Waals surface area (Å²) in [7, 11) is 1.40. The first-order valence-corrected chi connectivity index (χ1v) is 10.9. The van der Waals surface area contributed by atoms with Gasteiger partial charge >= 0.3 is 12.3 Å². The summed E-state index contributed by atoms with van der Waals surface area (Å²) in [4.78, 5) is 28.1. The number of carbonyl (C=O) groups excluding carboxylic acids is 2. The summed E-state index contributed by atoms with van der Waals surface area (Å²) in [5, 5.41) is 6.54. The lowest BCUT2D eigenvalue weighted by molar-refractivity contribution is -0.136. The molecule has 2 amide bonds. The predicted octanol–water partition coefficient (Wildman–Crippen LogP) is 4.11. The van der Waals surface area contributed by atoms with Gasteiger partial charge in [-0.15, -0.1) is 11.3 Å². The number of fused-ring (bicyclic) bond motifs is 1. The van der Waals surface area contributed by atoms with Crippen molar-refractivity contribution in [1.82, 2.24) is 15.6 Å². The maximum absolute atomic E-state index is 13.6. The molecule has 0 aliphatic heterocycles. The second kappa shape index (κ2) is 8.18. The fourth-order valence-corrected chi connectivity index (χ4v) is 4.54. The molecule has 11 heteroatoms. The van der Waals surface area contributed by atoms with Gasteiger partial charge in [0, 0.05) is 37.4 Å². The molecule has 0 unspecified atom stereocenters. The van der Waals surface area contributed by atoms with Crippen LogP contribution in [-0.2, 0) is 10.9 Å². The summed E-state index contributed by atoms with van der Waals surface area (Å²) in [6, 6.07) is 0.918. The Morgan fingerprint density at radius 2 is 1.97 bits per heavy atom. The Labute approximate surface area is 180 Å². The third-order valence-corrected chi connectivity index (χ3v) is 6.57. The average molecular weight is 457 g/mol. The van der Waals surface area contributed by atoms with E-state index in [-0.39, 0.29) is 33.8 Å². The lowest BCUT2D eigenvalue weighted by Gasteiger charge is -2.34. The van der Waals surface area contributed by atoms with Gasteiger partial charge in [-0.25, -0.2) is 9.78 Å². The van der Waals surface area contributed by atoms with E-state index in [2.05, 4.69) is 15.6 Å². The number of alkyl halides is 3. The zero-order valence-corrected chi connectivity index (χ0v) is 17.7. The largest absolute Gasteiger partial charge is 0.474 e. The number of alkyl carbamates (subject to hydrolysis) is 1. The second-order valence-corrected chi connectivity index (χ2v) is 8.80. The van der Waals surface area contributed by atoms with Crippen LogP contribution >= 0.6 is 11.3 Å². The third-order valence-electron chi connectivity index (χ3n) is 5.56. The van der Waals surface area contributed by atoms with Gasteiger partial charge in [-0.3, -0.25) is 4.79 Å². The van der Waals surface area contributed by atoms with Gasteiger partial charge in [-0.05, 0) is 25.7 Å². The average Bonchev–Trinajstić information content (AvgIpc) is 3.44. The van der Waals surface area contributed by atoms with Crippen LogP contribution in [-0.4, -0.2) is 42.3 Å². The molecule has 0 spiro atoms. The fourth-order valence-electron chi connectivity index (χ4n) is 3.52. The van der Waals surface area contributed by atoms with E-state index < -0.39 is 29.8 Å². The quantitative estimate of drug-likeness (QED) is 0.682. The Morgan fingerprint density at radius 1 is 1.26 bits per heavy atom. The highest BCUT2D eigenvalue weighted by Gasteiger charge is 2.38. The predicted molar refractivity (Wildman–Crippen MR) is 107 cm³/mol. The van der Waals surface area contributed by atoms with Crippen LogP contribution < -0.4 is 15.4 Å². The van der Waals surface area contributed by atoms with Gasteiger partial charge in [0.05, 0.1) is 21.3 Å². The van der Waals surface area contributed by atoms with Crippen molar-refractivity contribution in [3.8, 4) is 5.88 Å². The number of carbonyl (C=O) groups is 2. The summed E-state index contributed by atoms with van der Waals surface area (Å²) in [6.07, 6.45) is -2.97. The number of rotatable bonds is 6. The van der Waals surface area contributed by atoms with Crippen LogP contribution in [0.15, 0.2) is 11.4 Å². The Kier molecular flexibility index (Phi) is 5.71. The molecule has 2 heterocycles. The number of hydrogen-bond donors (Lipinski definition) is 2. The Balaban J connectivity index is 1.43. The van der Waals surface area contributed by atoms with E-state index in [1.165, 1.54) is 12.4 Å². The molecular weight excluding hydrogens is 435 g/mol. The molecule has 0 aromatic carbocycles. The van der Waals surface area contributed by atoms with E-state index >= 15 is 0 Å². The maximum Gasteiger partial charge on any atom is 0.418 e. The highest BCUT2D eigenvalue weighted by atomic mass is 32.1. The highest BCUT2D eigenvalue weighted by Crippen LogP contribution is 2.41. The molecule has 2 fully saturated rings. The molecule has 168 valence electrons. The summed E-state index contributed by atoms with van der Waals surface area (Å²) >= 11 is 0.813. The first-order chi connectivity index (χ1) is 14.7. The Hall–Kier alpha value is -2.56. The molecule has 4 rings (SSSR count). The molecule has 2 aromatic rings. The SMILES string of the molecule is CNC(=O)c1csc2c(C(F)(F)F)cc(OC3CC(OC(=O)N[C@H](C)C4CC4)C3)nc12. The summed E-state index contributed by atoms with van der Waals surface area (Å²) in [5.41, 5.74) is -0.877. The van der Waals surface area contributed by atoms with Crippen LogP contribution in [0.1, 0.15) is 48.5 Å². The number of nitrogens with zero attached hydrogens (tertiary/aromatic N) is 1. The topological polar surface area (TPSA) is 89.5 Å². The van der Waals surface area contributed by atoms with Gasteiger partial charge in [-0.1, -0.05) is 0 Å². The van der Waals surface area contributed by atoms with E-state index in [1.54, 1.807) is 0 Å². The third kappa shape index (κ3) is 4.70. The lowest BCUT2D eigenvalue weighted by Crippen LogP contribution is -2.44. The van der Waals surface area contributed by atoms with Crippen LogP contribution in [0.4, 0.5) is 18.0 Å². The molecule has 2 aromatic heterocycles. The van der Waals surface area contributed by atoms with Gasteiger partial charge < -0.3 is 20.1 Å². The second-order valence-electron chi connectivity index (χ2n) is 7.92. The van der Waals surface area contributed by atoms with Crippen molar-refractivity contribution in [2.24, 2.45) is 5.92 Å². The van der Waals surface area contributed by atoms with Crippen molar-refractivity contribution < 1.29 is 32.2 Å². The zero-order chi connectivity index (χ0) is 22.3. The van der Waals surface area contributed by atoms with Crippen molar-refractivity contribution in [2.45, 2.75) is 57.0 Å². The number of amides is 2. The zero-order valence-electron chi connectivity index (χ0n) is 16.9. The molecule has 2 saturated carbocycles. The van der Waals surface area contributed by atoms with Crippen LogP contribution in [0.5, 0.6) is 5.88 Å². The molecule has 0 bridgehead atoms. The standard InChI is InChI=1S/C20H22F3N3O4S/c1-9(10-3-4-10)25-19(28)30-12-5-11(6-12)29-15-7-14(20(21,22)23)17-16(26-15)13(8-31-17)18(27)24-2/h7-12H,3-6H2,1-2H3,(H,24,27)(H,25,28)/t9-,11?,12?/m1/s1. The molecule has 2 N–H and O–H groups in total. The van der Waals surface area contributed by atoms with E-state index in [4.69, 9.17) is 9.47 Å². The van der Waals surface area contributed by atoms with Crippen LogP contribution in [0.3, 0.4) is 0 Å². The van der Waals surface area contributed by atoms with Gasteiger partial charge in [0.1, 0.15) is 12.2 Å². The van der Waals surface area contributed by atoms with Gasteiger partial charge in [0.2, 0.25) is 5.88 Å². The van der Waals surface area contributed by atoms with Crippen LogP contribution in [0.25, 0.3) is 10.2 Å². The number of thiophene rings is 1. The summed E-state index contributed by atoms with van der Waals surface area (Å²) in [5.74, 6) is -0.225. The number of hydrogen-bond acceptors (Lipinski definition) is 6. The first kappa shape index (κ1) is 21.7. The minimum absolute atomic E-state index is 0.0465. The van der Waals surface area contributed by atoms with Crippen molar-refractivity contribution >= 4 is 33.6 Å². The maximum atomic E-state index is 13.6. The molecule has 0 saturated heterocycles. The van der Waals surface area contributed by atoms with Gasteiger partial charge in [0.15, 0.2) is 0 Å². The Morgan fingerprint density at radius 3 is 2.58 bits per heavy atom. The summed E-state index contributed by atoms with van der Waals surface area (Å²) < 4.78 is 51.5. The van der Waals surface area contributed by atoms with Crippen molar-refractivity contribution in [3.63, 3.8) is 0 Å².